The average Bonchev–Trinajstić information content (AvgIpc) is 1.34. The second kappa shape index (κ2) is 24.7. The maximum Gasteiger partial charge on any atom is 0.306 e. The number of carbonyl (C=O) groups is 3. The highest BCUT2D eigenvalue weighted by Crippen LogP contribution is 2.72. The number of hydrogen-bond donors (Lipinski definition) is 6. The summed E-state index contributed by atoms with van der Waals surface area (Å²) in [6, 6.07) is 0. The topological polar surface area (TPSA) is 217 Å². The number of aliphatic hydroxyl groups excluding tert-OH is 4. The van der Waals surface area contributed by atoms with Gasteiger partial charge < -0.3 is 35.2 Å². The normalized spacial score (nSPS) is 50.4. The first-order valence-electron chi connectivity index (χ1n) is 36.8. The third kappa shape index (κ3) is 11.7. The Balaban J connectivity index is 0.581. The zero-order valence-corrected chi connectivity index (χ0v) is 56.8. The Labute approximate surface area is 530 Å². The van der Waals surface area contributed by atoms with Crippen LogP contribution in [0.15, 0.2) is 0 Å². The van der Waals surface area contributed by atoms with Gasteiger partial charge in [-0.1, -0.05) is 62.3 Å². The van der Waals surface area contributed by atoms with Gasteiger partial charge in [0, 0.05) is 25.8 Å². The van der Waals surface area contributed by atoms with Crippen LogP contribution in [0.2, 0.25) is 0 Å². The van der Waals surface area contributed by atoms with Crippen molar-refractivity contribution in [3.05, 3.63) is 0 Å². The van der Waals surface area contributed by atoms with E-state index in [-0.39, 0.29) is 105 Å². The van der Waals surface area contributed by atoms with Gasteiger partial charge in [0.1, 0.15) is 12.2 Å². The molecule has 0 saturated heterocycles. The van der Waals surface area contributed by atoms with E-state index in [1.54, 1.807) is 0 Å². The van der Waals surface area contributed by atoms with Gasteiger partial charge in [-0.05, 0) is 312 Å². The van der Waals surface area contributed by atoms with Crippen molar-refractivity contribution in [3.8, 4) is 0 Å². The van der Waals surface area contributed by atoms with Crippen LogP contribution in [0.4, 0.5) is 0 Å². The number of nitrogens with one attached hydrogen (secondary N) is 1. The van der Waals surface area contributed by atoms with Gasteiger partial charge in [-0.3, -0.25) is 18.9 Å². The average molecular weight is 1250 g/mol. The lowest BCUT2D eigenvalue weighted by atomic mass is 9.43. The summed E-state index contributed by atoms with van der Waals surface area (Å²) < 4.78 is 44.1. The van der Waals surface area contributed by atoms with Crippen LogP contribution in [0.1, 0.15) is 255 Å². The molecule has 0 heterocycles. The highest BCUT2D eigenvalue weighted by molar-refractivity contribution is 7.85. The number of aliphatic hydroxyl groups is 4. The summed E-state index contributed by atoms with van der Waals surface area (Å²) >= 11 is 0. The van der Waals surface area contributed by atoms with E-state index in [0.29, 0.717) is 114 Å². The molecule has 88 heavy (non-hydrogen) atoms. The fraction of sp³-hybridized carbons (Fsp3) is 0.959. The molecular weight excluding hydrogens is 1130 g/mol. The zero-order chi connectivity index (χ0) is 62.8. The number of amides is 1. The molecular formula is C74H121NO12S. The standard InChI is InChI=1S/C74H121NO12S/c1-42(10-19-63(80)75-34-35-88(83,84)85)51-13-16-55-67-58(26-32-72(51,55)7)70(5)29-23-49(37-46(70)40-61(67)78)86-65(82)21-12-44(3)53-15-18-56-68-59(27-33-74(53,56)9)71(6)30-24-50(38-47(71)41-62(68)79)87-64(81)20-11-43(2)52-14-17-54-66-57(25-31-73(52,54)8)69(4)28-22-48(76)36-45(69)39-60(66)77/h42-62,66-68,76-79H,10-41H2,1-9H3,(H,75,80)(H,83,84,85)/t42-,43-,44-,45?,46?,47?,48+,49+,50+,51-,52-,53-,54-,55-,56-,57-,58-,59-,60+,61+,62+,66?,67?,68?,69+,70+,71+,72-,73-,74-/m1/s1. The van der Waals surface area contributed by atoms with E-state index in [4.69, 9.17) is 14.0 Å². The first-order chi connectivity index (χ1) is 41.5. The summed E-state index contributed by atoms with van der Waals surface area (Å²) in [5.41, 5.74) is 0.869. The van der Waals surface area contributed by atoms with Gasteiger partial charge in [0.2, 0.25) is 5.91 Å². The van der Waals surface area contributed by atoms with Gasteiger partial charge in [0.05, 0.1) is 30.2 Å². The highest BCUT2D eigenvalue weighted by atomic mass is 32.2. The summed E-state index contributed by atoms with van der Waals surface area (Å²) in [7, 11) is -4.12. The Morgan fingerprint density at radius 2 is 0.773 bits per heavy atom. The van der Waals surface area contributed by atoms with Crippen molar-refractivity contribution in [2.24, 2.45) is 139 Å². The summed E-state index contributed by atoms with van der Waals surface area (Å²) in [4.78, 5) is 40.3. The molecule has 30 atom stereocenters. The maximum atomic E-state index is 13.9. The van der Waals surface area contributed by atoms with Crippen LogP contribution in [-0.2, 0) is 34.0 Å². The number of hydrogen-bond acceptors (Lipinski definition) is 11. The van der Waals surface area contributed by atoms with Crippen molar-refractivity contribution in [2.75, 3.05) is 12.3 Å². The van der Waals surface area contributed by atoms with Crippen LogP contribution < -0.4 is 5.32 Å². The predicted octanol–water partition coefficient (Wildman–Crippen LogP) is 13.3. The Bertz CT molecular complexity index is 2650. The first-order valence-corrected chi connectivity index (χ1v) is 38.4. The molecule has 6 unspecified atom stereocenters. The van der Waals surface area contributed by atoms with E-state index in [1.165, 1.54) is 32.1 Å². The number of ether oxygens (including phenoxy) is 2. The third-order valence-electron chi connectivity index (χ3n) is 31.9. The van der Waals surface area contributed by atoms with Crippen LogP contribution in [0.5, 0.6) is 0 Å². The lowest BCUT2D eigenvalue weighted by Gasteiger charge is -2.62. The van der Waals surface area contributed by atoms with Gasteiger partial charge in [-0.2, -0.15) is 8.42 Å². The van der Waals surface area contributed by atoms with Gasteiger partial charge >= 0.3 is 11.9 Å². The van der Waals surface area contributed by atoms with E-state index in [1.807, 2.05) is 0 Å². The minimum atomic E-state index is -4.12. The Kier molecular flexibility index (Phi) is 18.6. The minimum Gasteiger partial charge on any atom is -0.462 e. The fourth-order valence-corrected chi connectivity index (χ4v) is 27.6. The monoisotopic (exact) mass is 1250 g/mol. The molecule has 500 valence electrons. The van der Waals surface area contributed by atoms with Crippen molar-refractivity contribution in [3.63, 3.8) is 0 Å². The van der Waals surface area contributed by atoms with Gasteiger partial charge in [0.15, 0.2) is 0 Å². The molecule has 12 aliphatic rings. The number of rotatable bonds is 17. The lowest BCUT2D eigenvalue weighted by Crippen LogP contribution is -2.59. The third-order valence-corrected chi connectivity index (χ3v) is 32.6. The molecule has 0 radical (unpaired) electrons. The van der Waals surface area contributed by atoms with Crippen LogP contribution >= 0.6 is 0 Å². The van der Waals surface area contributed by atoms with Crippen molar-refractivity contribution < 1.29 is 57.3 Å². The predicted molar refractivity (Wildman–Crippen MR) is 340 cm³/mol. The van der Waals surface area contributed by atoms with E-state index in [2.05, 4.69) is 67.6 Å². The van der Waals surface area contributed by atoms with Crippen molar-refractivity contribution in [1.82, 2.24) is 5.32 Å². The molecule has 12 fully saturated rings. The quantitative estimate of drug-likeness (QED) is 0.0592. The summed E-state index contributed by atoms with van der Waals surface area (Å²) in [6.07, 6.45) is 26.7. The van der Waals surface area contributed by atoms with Crippen molar-refractivity contribution in [1.29, 1.82) is 0 Å². The number of esters is 2. The Morgan fingerprint density at radius 1 is 0.443 bits per heavy atom. The van der Waals surface area contributed by atoms with E-state index < -0.39 is 15.9 Å². The molecule has 0 aromatic carbocycles. The molecule has 13 nitrogen and oxygen atoms in total. The van der Waals surface area contributed by atoms with Crippen LogP contribution in [0.3, 0.4) is 0 Å². The zero-order valence-electron chi connectivity index (χ0n) is 56.0. The summed E-state index contributed by atoms with van der Waals surface area (Å²) in [5, 5.41) is 49.4. The second-order valence-corrected chi connectivity index (χ2v) is 37.0. The van der Waals surface area contributed by atoms with Crippen LogP contribution in [0, 0.1) is 139 Å². The lowest BCUT2D eigenvalue weighted by molar-refractivity contribution is -0.183. The van der Waals surface area contributed by atoms with Gasteiger partial charge in [-0.15, -0.1) is 0 Å². The van der Waals surface area contributed by atoms with E-state index >= 15 is 0 Å². The van der Waals surface area contributed by atoms with Gasteiger partial charge in [-0.25, -0.2) is 0 Å². The molecule has 14 heteroatoms. The Hall–Kier alpha value is -1.84. The molecule has 0 spiro atoms. The fourth-order valence-electron chi connectivity index (χ4n) is 27.3. The van der Waals surface area contributed by atoms with Crippen molar-refractivity contribution in [2.45, 2.75) is 292 Å². The largest absolute Gasteiger partial charge is 0.462 e. The molecule has 12 aliphatic carbocycles. The van der Waals surface area contributed by atoms with Crippen molar-refractivity contribution >= 4 is 28.0 Å². The molecule has 0 aliphatic heterocycles. The minimum absolute atomic E-state index is 0.0486. The summed E-state index contributed by atoms with van der Waals surface area (Å²) in [6.45, 7) is 21.9. The number of carbonyl (C=O) groups excluding carboxylic acids is 3. The number of fused-ring (bicyclic) bond motifs is 15. The van der Waals surface area contributed by atoms with Gasteiger partial charge in [0.25, 0.3) is 10.1 Å². The molecule has 0 bridgehead atoms. The SMILES string of the molecule is C[C@H](CCC(=O)O[C@H]1CC[C@@]2(C)C(C1)C[C@H](O)C1[C@H]3CC[C@H]([C@H](C)CCC(=O)O[C@H]4CC[C@@]5(C)C(C4)C[C@H](O)C4[C@H]6CC[C@H]([C@H](C)CCC(=O)NCCS(=O)(=O)O)[C@@]6(C)CC[C@H]45)[C@@]3(C)CC[C@H]12)[C@H]1CC[C@@H]2C3[C@@H](CC[C@@]21C)[C@@]1(C)CC[C@H](O)CC1C[C@@H]3O. The summed E-state index contributed by atoms with van der Waals surface area (Å²) in [5.74, 6) is 6.71. The maximum absolute atomic E-state index is 13.9. The molecule has 12 saturated carbocycles. The second-order valence-electron chi connectivity index (χ2n) is 35.5. The molecule has 12 rings (SSSR count). The highest BCUT2D eigenvalue weighted by Gasteiger charge is 2.67. The molecule has 1 amide bonds. The molecule has 6 N–H and O–H groups in total. The van der Waals surface area contributed by atoms with E-state index in [9.17, 15) is 43.2 Å². The van der Waals surface area contributed by atoms with E-state index in [0.717, 1.165) is 141 Å². The first kappa shape index (κ1) is 66.2. The van der Waals surface area contributed by atoms with Crippen LogP contribution in [0.25, 0.3) is 0 Å². The van der Waals surface area contributed by atoms with Crippen LogP contribution in [-0.4, -0.2) is 100 Å². The smallest absolute Gasteiger partial charge is 0.306 e. The molecule has 0 aromatic rings. The Morgan fingerprint density at radius 3 is 1.15 bits per heavy atom. The molecule has 0 aromatic heterocycles.